The van der Waals surface area contributed by atoms with E-state index in [4.69, 9.17) is 10.8 Å². The third-order valence-corrected chi connectivity index (χ3v) is 5.70. The molecule has 2 amide bonds. The predicted octanol–water partition coefficient (Wildman–Crippen LogP) is 2.32. The van der Waals surface area contributed by atoms with Crippen molar-refractivity contribution in [3.63, 3.8) is 0 Å². The zero-order valence-corrected chi connectivity index (χ0v) is 14.6. The van der Waals surface area contributed by atoms with Gasteiger partial charge in [0, 0.05) is 31.9 Å². The van der Waals surface area contributed by atoms with Crippen molar-refractivity contribution in [2.45, 2.75) is 32.1 Å². The third-order valence-electron chi connectivity index (χ3n) is 5.70. The number of anilines is 1. The standard InChI is InChI=1S/C19H27N3O3/c20-18(23)13-14-1-3-17(4-2-14)21-9-5-15(6-10-21)16-7-11-22(12-8-16)19(24)25/h1-4,15-16H,5-13H2,(H2,20,23)(H,24,25). The van der Waals surface area contributed by atoms with Crippen molar-refractivity contribution in [3.8, 4) is 0 Å². The number of likely N-dealkylation sites (tertiary alicyclic amines) is 1. The van der Waals surface area contributed by atoms with Gasteiger partial charge < -0.3 is 20.6 Å². The Morgan fingerprint density at radius 1 is 0.960 bits per heavy atom. The van der Waals surface area contributed by atoms with Crippen molar-refractivity contribution in [2.24, 2.45) is 17.6 Å². The van der Waals surface area contributed by atoms with Gasteiger partial charge >= 0.3 is 6.09 Å². The van der Waals surface area contributed by atoms with Crippen molar-refractivity contribution >= 4 is 17.7 Å². The smallest absolute Gasteiger partial charge is 0.407 e. The van der Waals surface area contributed by atoms with Gasteiger partial charge in [0.1, 0.15) is 0 Å². The lowest BCUT2D eigenvalue weighted by Gasteiger charge is -2.40. The van der Waals surface area contributed by atoms with Crippen LogP contribution in [0.4, 0.5) is 10.5 Å². The summed E-state index contributed by atoms with van der Waals surface area (Å²) in [5, 5.41) is 9.06. The highest BCUT2D eigenvalue weighted by atomic mass is 16.4. The molecule has 0 unspecified atom stereocenters. The molecular formula is C19H27N3O3. The second-order valence-corrected chi connectivity index (χ2v) is 7.24. The van der Waals surface area contributed by atoms with Gasteiger partial charge in [-0.2, -0.15) is 0 Å². The molecule has 0 bridgehead atoms. The first-order valence-electron chi connectivity index (χ1n) is 9.13. The monoisotopic (exact) mass is 345 g/mol. The number of piperidine rings is 2. The minimum Gasteiger partial charge on any atom is -0.465 e. The molecule has 2 heterocycles. The highest BCUT2D eigenvalue weighted by molar-refractivity contribution is 5.76. The van der Waals surface area contributed by atoms with Crippen LogP contribution in [0.3, 0.4) is 0 Å². The summed E-state index contributed by atoms with van der Waals surface area (Å²) < 4.78 is 0. The highest BCUT2D eigenvalue weighted by Gasteiger charge is 2.30. The normalized spacial score (nSPS) is 19.8. The molecule has 2 fully saturated rings. The van der Waals surface area contributed by atoms with Crippen molar-refractivity contribution in [1.29, 1.82) is 0 Å². The van der Waals surface area contributed by atoms with Crippen LogP contribution in [0.1, 0.15) is 31.2 Å². The van der Waals surface area contributed by atoms with Crippen molar-refractivity contribution in [3.05, 3.63) is 29.8 Å². The number of benzene rings is 1. The van der Waals surface area contributed by atoms with Crippen LogP contribution in [0.2, 0.25) is 0 Å². The SMILES string of the molecule is NC(=O)Cc1ccc(N2CCC(C3CCN(C(=O)O)CC3)CC2)cc1. The van der Waals surface area contributed by atoms with Gasteiger partial charge in [0.15, 0.2) is 0 Å². The molecule has 2 aliphatic rings. The molecule has 2 saturated heterocycles. The van der Waals surface area contributed by atoms with Crippen LogP contribution in [0.25, 0.3) is 0 Å². The maximum absolute atomic E-state index is 11.0. The van der Waals surface area contributed by atoms with Gasteiger partial charge in [0.25, 0.3) is 0 Å². The molecule has 0 spiro atoms. The lowest BCUT2D eigenvalue weighted by atomic mass is 9.79. The molecule has 6 nitrogen and oxygen atoms in total. The van der Waals surface area contributed by atoms with E-state index >= 15 is 0 Å². The molecule has 6 heteroatoms. The lowest BCUT2D eigenvalue weighted by molar-refractivity contribution is -0.117. The molecule has 0 aliphatic carbocycles. The topological polar surface area (TPSA) is 86.9 Å². The van der Waals surface area contributed by atoms with E-state index in [0.29, 0.717) is 24.9 Å². The highest BCUT2D eigenvalue weighted by Crippen LogP contribution is 2.33. The lowest BCUT2D eigenvalue weighted by Crippen LogP contribution is -2.42. The summed E-state index contributed by atoms with van der Waals surface area (Å²) >= 11 is 0. The molecule has 0 radical (unpaired) electrons. The van der Waals surface area contributed by atoms with E-state index in [1.165, 1.54) is 18.5 Å². The number of carboxylic acid groups (broad SMARTS) is 1. The molecule has 3 rings (SSSR count). The number of hydrogen-bond donors (Lipinski definition) is 2. The summed E-state index contributed by atoms with van der Waals surface area (Å²) in [6.07, 6.45) is 3.84. The Balaban J connectivity index is 1.49. The van der Waals surface area contributed by atoms with E-state index in [1.807, 2.05) is 12.1 Å². The van der Waals surface area contributed by atoms with Gasteiger partial charge in [-0.05, 0) is 55.2 Å². The Morgan fingerprint density at radius 2 is 1.48 bits per heavy atom. The van der Waals surface area contributed by atoms with Gasteiger partial charge in [-0.1, -0.05) is 12.1 Å². The average molecular weight is 345 g/mol. The molecule has 0 aromatic heterocycles. The first-order chi connectivity index (χ1) is 12.0. The Labute approximate surface area is 148 Å². The van der Waals surface area contributed by atoms with Crippen molar-refractivity contribution in [1.82, 2.24) is 4.90 Å². The fourth-order valence-electron chi connectivity index (χ4n) is 4.22. The number of rotatable bonds is 4. The zero-order chi connectivity index (χ0) is 17.8. The molecule has 0 atom stereocenters. The number of amides is 2. The molecule has 3 N–H and O–H groups in total. The van der Waals surface area contributed by atoms with Crippen LogP contribution in [-0.2, 0) is 11.2 Å². The number of hydrogen-bond acceptors (Lipinski definition) is 3. The van der Waals surface area contributed by atoms with E-state index in [9.17, 15) is 9.59 Å². The van der Waals surface area contributed by atoms with E-state index in [-0.39, 0.29) is 12.3 Å². The quantitative estimate of drug-likeness (QED) is 0.877. The van der Waals surface area contributed by atoms with Crippen LogP contribution in [0, 0.1) is 11.8 Å². The molecular weight excluding hydrogens is 318 g/mol. The average Bonchev–Trinajstić information content (AvgIpc) is 2.62. The predicted molar refractivity (Wildman–Crippen MR) is 96.6 cm³/mol. The van der Waals surface area contributed by atoms with Crippen LogP contribution < -0.4 is 10.6 Å². The van der Waals surface area contributed by atoms with Gasteiger partial charge in [-0.25, -0.2) is 4.79 Å². The Kier molecular flexibility index (Phi) is 5.46. The van der Waals surface area contributed by atoms with Crippen LogP contribution in [0.5, 0.6) is 0 Å². The van der Waals surface area contributed by atoms with E-state index in [2.05, 4.69) is 17.0 Å². The molecule has 136 valence electrons. The second kappa shape index (κ2) is 7.76. The summed E-state index contributed by atoms with van der Waals surface area (Å²) in [7, 11) is 0. The molecule has 25 heavy (non-hydrogen) atoms. The molecule has 1 aromatic rings. The van der Waals surface area contributed by atoms with Gasteiger partial charge in [-0.3, -0.25) is 4.79 Å². The minimum atomic E-state index is -0.784. The maximum Gasteiger partial charge on any atom is 0.407 e. The van der Waals surface area contributed by atoms with Gasteiger partial charge in [0.05, 0.1) is 6.42 Å². The first-order valence-corrected chi connectivity index (χ1v) is 9.13. The number of carbonyl (C=O) groups is 2. The summed E-state index contributed by atoms with van der Waals surface area (Å²) in [5.74, 6) is 1.07. The van der Waals surface area contributed by atoms with Crippen molar-refractivity contribution in [2.75, 3.05) is 31.1 Å². The second-order valence-electron chi connectivity index (χ2n) is 7.24. The number of nitrogens with two attached hydrogens (primary N) is 1. The largest absolute Gasteiger partial charge is 0.465 e. The fraction of sp³-hybridized carbons (Fsp3) is 0.579. The van der Waals surface area contributed by atoms with Crippen LogP contribution >= 0.6 is 0 Å². The molecule has 1 aromatic carbocycles. The molecule has 2 aliphatic heterocycles. The van der Waals surface area contributed by atoms with Gasteiger partial charge in [0.2, 0.25) is 5.91 Å². The Bertz CT molecular complexity index is 601. The molecule has 0 saturated carbocycles. The number of nitrogens with zero attached hydrogens (tertiary/aromatic N) is 2. The Morgan fingerprint density at radius 3 is 1.96 bits per heavy atom. The number of carbonyl (C=O) groups excluding carboxylic acids is 1. The first kappa shape index (κ1) is 17.6. The van der Waals surface area contributed by atoms with Crippen LogP contribution in [-0.4, -0.2) is 48.2 Å². The number of primary amides is 1. The van der Waals surface area contributed by atoms with E-state index < -0.39 is 6.09 Å². The van der Waals surface area contributed by atoms with E-state index in [0.717, 1.165) is 31.5 Å². The van der Waals surface area contributed by atoms with E-state index in [1.54, 1.807) is 4.90 Å². The summed E-state index contributed by atoms with van der Waals surface area (Å²) in [6.45, 7) is 3.45. The maximum atomic E-state index is 11.0. The van der Waals surface area contributed by atoms with Crippen LogP contribution in [0.15, 0.2) is 24.3 Å². The fourth-order valence-corrected chi connectivity index (χ4v) is 4.22. The minimum absolute atomic E-state index is 0.289. The summed E-state index contributed by atoms with van der Waals surface area (Å²) in [4.78, 5) is 25.9. The zero-order valence-electron chi connectivity index (χ0n) is 14.6. The Hall–Kier alpha value is -2.24. The third kappa shape index (κ3) is 4.44. The summed E-state index contributed by atoms with van der Waals surface area (Å²) in [6, 6.07) is 8.11. The van der Waals surface area contributed by atoms with Crippen molar-refractivity contribution < 1.29 is 14.7 Å². The summed E-state index contributed by atoms with van der Waals surface area (Å²) in [5.41, 5.74) is 7.39. The van der Waals surface area contributed by atoms with Gasteiger partial charge in [-0.15, -0.1) is 0 Å².